The van der Waals surface area contributed by atoms with Crippen LogP contribution in [-0.4, -0.2) is 23.1 Å². The summed E-state index contributed by atoms with van der Waals surface area (Å²) in [5, 5.41) is 14.6. The molecule has 2 rings (SSSR count). The molecule has 0 saturated heterocycles. The fourth-order valence-corrected chi connectivity index (χ4v) is 2.71. The van der Waals surface area contributed by atoms with Crippen molar-refractivity contribution in [2.24, 2.45) is 7.05 Å². The summed E-state index contributed by atoms with van der Waals surface area (Å²) in [5.74, 6) is 0. The molecule has 106 valence electrons. The van der Waals surface area contributed by atoms with Gasteiger partial charge in [-0.3, -0.25) is 19.5 Å². The van der Waals surface area contributed by atoms with Gasteiger partial charge in [0.05, 0.1) is 27.4 Å². The second-order valence-electron chi connectivity index (χ2n) is 4.13. The predicted molar refractivity (Wildman–Crippen MR) is 71.8 cm³/mol. The third-order valence-corrected chi connectivity index (χ3v) is 4.18. The summed E-state index contributed by atoms with van der Waals surface area (Å²) in [4.78, 5) is 9.86. The summed E-state index contributed by atoms with van der Waals surface area (Å²) < 4.78 is 28.2. The molecule has 1 aromatic heterocycles. The lowest BCUT2D eigenvalue weighted by Crippen LogP contribution is -2.13. The predicted octanol–water partition coefficient (Wildman–Crippen LogP) is 1.44. The third-order valence-electron chi connectivity index (χ3n) is 2.82. The van der Waals surface area contributed by atoms with Gasteiger partial charge in [-0.05, 0) is 13.0 Å². The van der Waals surface area contributed by atoms with Crippen LogP contribution in [0.1, 0.15) is 5.69 Å². The van der Waals surface area contributed by atoms with Crippen molar-refractivity contribution < 1.29 is 13.3 Å². The summed E-state index contributed by atoms with van der Waals surface area (Å²) in [5.41, 5.74) is 0.689. The zero-order valence-electron chi connectivity index (χ0n) is 10.8. The van der Waals surface area contributed by atoms with Crippen LogP contribution < -0.4 is 4.72 Å². The molecule has 9 heteroatoms. The Kier molecular flexibility index (Phi) is 3.45. The standard InChI is InChI=1S/C11H12N4O4S/c1-8-11(7-12-14(8)2)13-20(18,19)10-5-3-4-9(6-10)15(16)17/h3-7,13H,1-2H3. The average molecular weight is 296 g/mol. The fourth-order valence-electron chi connectivity index (χ4n) is 1.57. The Hall–Kier alpha value is -2.42. The number of anilines is 1. The van der Waals surface area contributed by atoms with Gasteiger partial charge in [-0.1, -0.05) is 6.07 Å². The molecule has 0 unspecified atom stereocenters. The molecule has 0 fully saturated rings. The third kappa shape index (κ3) is 2.62. The summed E-state index contributed by atoms with van der Waals surface area (Å²) in [6, 6.07) is 4.85. The van der Waals surface area contributed by atoms with Crippen molar-refractivity contribution in [2.75, 3.05) is 4.72 Å². The minimum absolute atomic E-state index is 0.171. The highest BCUT2D eigenvalue weighted by molar-refractivity contribution is 7.92. The fraction of sp³-hybridized carbons (Fsp3) is 0.182. The van der Waals surface area contributed by atoms with Crippen LogP contribution in [-0.2, 0) is 17.1 Å². The van der Waals surface area contributed by atoms with Crippen molar-refractivity contribution in [3.63, 3.8) is 0 Å². The van der Waals surface area contributed by atoms with Crippen LogP contribution in [0.25, 0.3) is 0 Å². The Morgan fingerprint density at radius 3 is 2.65 bits per heavy atom. The molecule has 0 aliphatic carbocycles. The molecular formula is C11H12N4O4S. The van der Waals surface area contributed by atoms with E-state index in [1.54, 1.807) is 14.0 Å². The number of nitro groups is 1. The SMILES string of the molecule is Cc1c(NS(=O)(=O)c2cccc([N+](=O)[O-])c2)cnn1C. The van der Waals surface area contributed by atoms with Crippen LogP contribution in [0.3, 0.4) is 0 Å². The number of nitrogens with zero attached hydrogens (tertiary/aromatic N) is 3. The van der Waals surface area contributed by atoms with E-state index < -0.39 is 14.9 Å². The summed E-state index contributed by atoms with van der Waals surface area (Å²) in [6.07, 6.45) is 1.38. The Labute approximate surface area is 115 Å². The molecule has 0 radical (unpaired) electrons. The van der Waals surface area contributed by atoms with Gasteiger partial charge in [0.15, 0.2) is 0 Å². The van der Waals surface area contributed by atoms with Crippen molar-refractivity contribution in [3.05, 3.63) is 46.3 Å². The minimum Gasteiger partial charge on any atom is -0.276 e. The van der Waals surface area contributed by atoms with Crippen LogP contribution in [0.15, 0.2) is 35.4 Å². The lowest BCUT2D eigenvalue weighted by atomic mass is 10.3. The topological polar surface area (TPSA) is 107 Å². The zero-order chi connectivity index (χ0) is 14.9. The molecule has 0 spiro atoms. The zero-order valence-corrected chi connectivity index (χ0v) is 11.6. The number of rotatable bonds is 4. The second kappa shape index (κ2) is 4.93. The largest absolute Gasteiger partial charge is 0.276 e. The highest BCUT2D eigenvalue weighted by Crippen LogP contribution is 2.21. The van der Waals surface area contributed by atoms with Crippen molar-refractivity contribution in [3.8, 4) is 0 Å². The van der Waals surface area contributed by atoms with Crippen LogP contribution in [0.2, 0.25) is 0 Å². The maximum atomic E-state index is 12.2. The van der Waals surface area contributed by atoms with Gasteiger partial charge in [-0.2, -0.15) is 5.10 Å². The first-order valence-corrected chi connectivity index (χ1v) is 7.05. The highest BCUT2D eigenvalue weighted by atomic mass is 32.2. The van der Waals surface area contributed by atoms with Crippen LogP contribution in [0.5, 0.6) is 0 Å². The van der Waals surface area contributed by atoms with Gasteiger partial charge in [-0.15, -0.1) is 0 Å². The number of non-ortho nitro benzene ring substituents is 1. The normalized spacial score (nSPS) is 11.3. The molecule has 0 bridgehead atoms. The number of nitro benzene ring substituents is 1. The van der Waals surface area contributed by atoms with E-state index in [0.29, 0.717) is 11.4 Å². The number of nitrogens with one attached hydrogen (secondary N) is 1. The van der Waals surface area contributed by atoms with E-state index in [2.05, 4.69) is 9.82 Å². The van der Waals surface area contributed by atoms with Gasteiger partial charge in [0.1, 0.15) is 0 Å². The van der Waals surface area contributed by atoms with Crippen molar-refractivity contribution in [2.45, 2.75) is 11.8 Å². The lowest BCUT2D eigenvalue weighted by Gasteiger charge is -2.07. The first-order chi connectivity index (χ1) is 9.31. The van der Waals surface area contributed by atoms with Gasteiger partial charge in [0.25, 0.3) is 15.7 Å². The van der Waals surface area contributed by atoms with Gasteiger partial charge in [0, 0.05) is 19.2 Å². The summed E-state index contributed by atoms with van der Waals surface area (Å²) in [6.45, 7) is 1.71. The highest BCUT2D eigenvalue weighted by Gasteiger charge is 2.19. The maximum absolute atomic E-state index is 12.2. The number of benzene rings is 1. The molecule has 0 aliphatic heterocycles. The monoisotopic (exact) mass is 296 g/mol. The number of aromatic nitrogens is 2. The molecule has 1 heterocycles. The van der Waals surface area contributed by atoms with Gasteiger partial charge >= 0.3 is 0 Å². The minimum atomic E-state index is -3.89. The number of hydrogen-bond acceptors (Lipinski definition) is 5. The maximum Gasteiger partial charge on any atom is 0.270 e. The Balaban J connectivity index is 2.38. The van der Waals surface area contributed by atoms with Crippen molar-refractivity contribution >= 4 is 21.4 Å². The molecule has 8 nitrogen and oxygen atoms in total. The van der Waals surface area contributed by atoms with E-state index in [4.69, 9.17) is 0 Å². The van der Waals surface area contributed by atoms with Crippen molar-refractivity contribution in [1.82, 2.24) is 9.78 Å². The molecule has 2 aromatic rings. The van der Waals surface area contributed by atoms with E-state index in [-0.39, 0.29) is 10.6 Å². The Bertz CT molecular complexity index is 766. The van der Waals surface area contributed by atoms with Gasteiger partial charge in [-0.25, -0.2) is 8.42 Å². The van der Waals surface area contributed by atoms with E-state index in [0.717, 1.165) is 6.07 Å². The summed E-state index contributed by atoms with van der Waals surface area (Å²) >= 11 is 0. The lowest BCUT2D eigenvalue weighted by molar-refractivity contribution is -0.385. The molecule has 0 amide bonds. The number of sulfonamides is 1. The second-order valence-corrected chi connectivity index (χ2v) is 5.81. The molecular weight excluding hydrogens is 284 g/mol. The first kappa shape index (κ1) is 14.0. The van der Waals surface area contributed by atoms with Gasteiger partial charge in [0.2, 0.25) is 0 Å². The number of aryl methyl sites for hydroxylation is 1. The van der Waals surface area contributed by atoms with Crippen LogP contribution in [0, 0.1) is 17.0 Å². The van der Waals surface area contributed by atoms with E-state index in [1.165, 1.54) is 29.1 Å². The van der Waals surface area contributed by atoms with Gasteiger partial charge < -0.3 is 0 Å². The average Bonchev–Trinajstić information content (AvgIpc) is 2.70. The molecule has 1 aromatic carbocycles. The Morgan fingerprint density at radius 1 is 1.40 bits per heavy atom. The summed E-state index contributed by atoms with van der Waals surface area (Å²) in [7, 11) is -2.21. The molecule has 0 saturated carbocycles. The molecule has 0 atom stereocenters. The molecule has 20 heavy (non-hydrogen) atoms. The number of hydrogen-bond donors (Lipinski definition) is 1. The van der Waals surface area contributed by atoms with E-state index in [9.17, 15) is 18.5 Å². The van der Waals surface area contributed by atoms with Crippen LogP contribution >= 0.6 is 0 Å². The molecule has 1 N–H and O–H groups in total. The van der Waals surface area contributed by atoms with Crippen LogP contribution in [0.4, 0.5) is 11.4 Å². The van der Waals surface area contributed by atoms with E-state index in [1.807, 2.05) is 0 Å². The van der Waals surface area contributed by atoms with E-state index >= 15 is 0 Å². The first-order valence-electron chi connectivity index (χ1n) is 5.57. The molecule has 0 aliphatic rings. The smallest absolute Gasteiger partial charge is 0.270 e. The van der Waals surface area contributed by atoms with Crippen molar-refractivity contribution in [1.29, 1.82) is 0 Å². The quantitative estimate of drug-likeness (QED) is 0.678. The Morgan fingerprint density at radius 2 is 2.10 bits per heavy atom.